The molecule has 0 aliphatic carbocycles. The van der Waals surface area contributed by atoms with E-state index in [0.29, 0.717) is 18.2 Å². The lowest BCUT2D eigenvalue weighted by Gasteiger charge is -2.18. The molecule has 0 N–H and O–H groups in total. The molecule has 2 aromatic heterocycles. The number of pyridine rings is 2. The molecule has 136 valence electrons. The van der Waals surface area contributed by atoms with E-state index in [1.807, 2.05) is 0 Å². The summed E-state index contributed by atoms with van der Waals surface area (Å²) in [5.74, 6) is -0.695. The molecule has 0 atom stereocenters. The Bertz CT molecular complexity index is 925. The first-order valence-electron chi connectivity index (χ1n) is 7.87. The summed E-state index contributed by atoms with van der Waals surface area (Å²) < 4.78 is 6.07. The maximum absolute atomic E-state index is 12.6. The Balaban J connectivity index is 2.04. The number of halogens is 1. The van der Waals surface area contributed by atoms with E-state index < -0.39 is 16.5 Å². The molecule has 9 nitrogen and oxygen atoms in total. The number of esters is 1. The molecule has 0 aromatic carbocycles. The zero-order valence-electron chi connectivity index (χ0n) is 13.8. The summed E-state index contributed by atoms with van der Waals surface area (Å²) in [5, 5.41) is 11.9. The van der Waals surface area contributed by atoms with Gasteiger partial charge in [0, 0.05) is 31.9 Å². The summed E-state index contributed by atoms with van der Waals surface area (Å²) in [6.07, 6.45) is 1.57. The van der Waals surface area contributed by atoms with Gasteiger partial charge in [-0.2, -0.15) is 0 Å². The van der Waals surface area contributed by atoms with Gasteiger partial charge in [-0.25, -0.2) is 9.78 Å². The number of ether oxygens (including phenoxy) is 1. The molecular weight excluding hydrogens is 364 g/mol. The number of carbonyl (C=O) groups is 1. The maximum atomic E-state index is 12.6. The third kappa shape index (κ3) is 3.25. The zero-order chi connectivity index (χ0) is 18.8. The van der Waals surface area contributed by atoms with E-state index in [4.69, 9.17) is 16.3 Å². The number of nitrogens with zero attached hydrogens (tertiary/aromatic N) is 4. The van der Waals surface area contributed by atoms with E-state index in [-0.39, 0.29) is 30.2 Å². The number of aromatic nitrogens is 2. The molecule has 3 heterocycles. The Hall–Kier alpha value is -2.94. The van der Waals surface area contributed by atoms with E-state index in [1.54, 1.807) is 30.2 Å². The maximum Gasteiger partial charge on any atom is 0.344 e. The molecule has 26 heavy (non-hydrogen) atoms. The summed E-state index contributed by atoms with van der Waals surface area (Å²) in [6, 6.07) is 4.37. The van der Waals surface area contributed by atoms with Crippen LogP contribution in [0, 0.1) is 10.1 Å². The molecule has 0 amide bonds. The van der Waals surface area contributed by atoms with Crippen LogP contribution >= 0.6 is 11.6 Å². The van der Waals surface area contributed by atoms with Crippen molar-refractivity contribution in [2.75, 3.05) is 18.1 Å². The first-order valence-corrected chi connectivity index (χ1v) is 8.25. The van der Waals surface area contributed by atoms with Gasteiger partial charge in [0.1, 0.15) is 10.7 Å². The summed E-state index contributed by atoms with van der Waals surface area (Å²) in [7, 11) is 0. The lowest BCUT2D eigenvalue weighted by molar-refractivity contribution is -0.384. The van der Waals surface area contributed by atoms with Crippen molar-refractivity contribution in [1.82, 2.24) is 9.55 Å². The zero-order valence-corrected chi connectivity index (χ0v) is 14.6. The molecule has 0 spiro atoms. The van der Waals surface area contributed by atoms with Gasteiger partial charge in [0.25, 0.3) is 5.56 Å². The third-order valence-corrected chi connectivity index (χ3v) is 4.21. The molecule has 0 bridgehead atoms. The molecule has 2 aromatic rings. The average Bonchev–Trinajstić information content (AvgIpc) is 3.01. The molecule has 0 fully saturated rings. The van der Waals surface area contributed by atoms with Gasteiger partial charge >= 0.3 is 11.7 Å². The first kappa shape index (κ1) is 17.9. The highest BCUT2D eigenvalue weighted by Crippen LogP contribution is 2.32. The minimum Gasteiger partial charge on any atom is -0.462 e. The van der Waals surface area contributed by atoms with Crippen LogP contribution < -0.4 is 10.5 Å². The number of rotatable bonds is 5. The summed E-state index contributed by atoms with van der Waals surface area (Å²) in [4.78, 5) is 41.1. The van der Waals surface area contributed by atoms with Gasteiger partial charge in [-0.3, -0.25) is 19.5 Å². The van der Waals surface area contributed by atoms with E-state index in [9.17, 15) is 19.7 Å². The van der Waals surface area contributed by atoms with Gasteiger partial charge in [0.15, 0.2) is 5.82 Å². The van der Waals surface area contributed by atoms with Gasteiger partial charge in [0.2, 0.25) is 0 Å². The van der Waals surface area contributed by atoms with Crippen LogP contribution in [0.2, 0.25) is 5.15 Å². The second-order valence-corrected chi connectivity index (χ2v) is 6.00. The van der Waals surface area contributed by atoms with Gasteiger partial charge in [-0.1, -0.05) is 17.7 Å². The van der Waals surface area contributed by atoms with Crippen molar-refractivity contribution in [3.05, 3.63) is 61.1 Å². The quantitative estimate of drug-likeness (QED) is 0.339. The predicted octanol–water partition coefficient (Wildman–Crippen LogP) is 2.00. The number of anilines is 1. The topological polar surface area (TPSA) is 108 Å². The molecule has 1 aliphatic heterocycles. The number of hydrogen-bond acceptors (Lipinski definition) is 7. The Morgan fingerprint density at radius 2 is 2.19 bits per heavy atom. The summed E-state index contributed by atoms with van der Waals surface area (Å²) in [5.41, 5.74) is -0.454. The summed E-state index contributed by atoms with van der Waals surface area (Å²) >= 11 is 5.77. The van der Waals surface area contributed by atoms with Crippen molar-refractivity contribution >= 4 is 29.1 Å². The van der Waals surface area contributed by atoms with Gasteiger partial charge in [-0.15, -0.1) is 0 Å². The van der Waals surface area contributed by atoms with Crippen LogP contribution in [0.1, 0.15) is 22.8 Å². The van der Waals surface area contributed by atoms with Crippen LogP contribution in [-0.4, -0.2) is 33.6 Å². The molecule has 0 saturated carbocycles. The lowest BCUT2D eigenvalue weighted by atomic mass is 10.2. The monoisotopic (exact) mass is 378 g/mol. The van der Waals surface area contributed by atoms with Gasteiger partial charge in [0.05, 0.1) is 11.5 Å². The predicted molar refractivity (Wildman–Crippen MR) is 93.6 cm³/mol. The van der Waals surface area contributed by atoms with Crippen LogP contribution in [0.3, 0.4) is 0 Å². The van der Waals surface area contributed by atoms with Crippen molar-refractivity contribution in [3.63, 3.8) is 0 Å². The van der Waals surface area contributed by atoms with E-state index in [1.165, 1.54) is 4.57 Å². The number of fused-ring (bicyclic) bond motifs is 1. The van der Waals surface area contributed by atoms with Crippen molar-refractivity contribution in [2.24, 2.45) is 0 Å². The third-order valence-electron chi connectivity index (χ3n) is 3.99. The smallest absolute Gasteiger partial charge is 0.344 e. The van der Waals surface area contributed by atoms with Crippen molar-refractivity contribution in [3.8, 4) is 0 Å². The second kappa shape index (κ2) is 7.12. The Kier molecular flexibility index (Phi) is 4.90. The SMILES string of the molecule is CCOC(=O)c1cc([N+](=O)[O-])c2n(c1=O)CCN2Cc1ccc(Cl)nc1. The van der Waals surface area contributed by atoms with Gasteiger partial charge < -0.3 is 9.64 Å². The normalized spacial score (nSPS) is 12.8. The lowest BCUT2D eigenvalue weighted by Crippen LogP contribution is -2.27. The molecular formula is C16H15ClN4O5. The highest BCUT2D eigenvalue weighted by atomic mass is 35.5. The minimum atomic E-state index is -0.865. The fourth-order valence-electron chi connectivity index (χ4n) is 2.87. The Morgan fingerprint density at radius 3 is 2.81 bits per heavy atom. The molecule has 1 aliphatic rings. The fourth-order valence-corrected chi connectivity index (χ4v) is 2.99. The Labute approximate surface area is 152 Å². The van der Waals surface area contributed by atoms with E-state index in [0.717, 1.165) is 11.6 Å². The highest BCUT2D eigenvalue weighted by Gasteiger charge is 2.33. The van der Waals surface area contributed by atoms with Crippen LogP contribution in [0.4, 0.5) is 11.5 Å². The number of hydrogen-bond donors (Lipinski definition) is 0. The van der Waals surface area contributed by atoms with Gasteiger partial charge in [-0.05, 0) is 18.6 Å². The first-order chi connectivity index (χ1) is 12.4. The average molecular weight is 379 g/mol. The minimum absolute atomic E-state index is 0.0729. The largest absolute Gasteiger partial charge is 0.462 e. The van der Waals surface area contributed by atoms with E-state index in [2.05, 4.69) is 4.98 Å². The van der Waals surface area contributed by atoms with Crippen molar-refractivity contribution in [1.29, 1.82) is 0 Å². The number of carbonyl (C=O) groups excluding carboxylic acids is 1. The van der Waals surface area contributed by atoms with Crippen LogP contribution in [0.25, 0.3) is 0 Å². The Morgan fingerprint density at radius 1 is 1.42 bits per heavy atom. The molecule has 0 unspecified atom stereocenters. The summed E-state index contributed by atoms with van der Waals surface area (Å²) in [6.45, 7) is 2.63. The number of nitro groups is 1. The standard InChI is InChI=1S/C16H15ClN4O5/c1-2-26-16(23)11-7-12(21(24)25)14-19(5-6-20(14)15(11)22)9-10-3-4-13(17)18-8-10/h3-4,7-8H,2,5-6,9H2,1H3. The van der Waals surface area contributed by atoms with E-state index >= 15 is 0 Å². The molecule has 10 heteroatoms. The van der Waals surface area contributed by atoms with Crippen LogP contribution in [0.15, 0.2) is 29.2 Å². The molecule has 3 rings (SSSR count). The van der Waals surface area contributed by atoms with Crippen molar-refractivity contribution in [2.45, 2.75) is 20.0 Å². The van der Waals surface area contributed by atoms with Crippen molar-refractivity contribution < 1.29 is 14.5 Å². The van der Waals surface area contributed by atoms with Crippen LogP contribution in [-0.2, 0) is 17.8 Å². The fraction of sp³-hybridized carbons (Fsp3) is 0.312. The second-order valence-electron chi connectivity index (χ2n) is 5.61. The molecule has 0 saturated heterocycles. The molecule has 0 radical (unpaired) electrons. The highest BCUT2D eigenvalue weighted by molar-refractivity contribution is 6.29. The van der Waals surface area contributed by atoms with Crippen LogP contribution in [0.5, 0.6) is 0 Å².